The second-order valence-electron chi connectivity index (χ2n) is 7.90. The minimum absolute atomic E-state index is 0.0964. The molecule has 4 heteroatoms. The number of nitrogens with zero attached hydrogens (tertiary/aromatic N) is 1. The van der Waals surface area contributed by atoms with E-state index in [1.807, 2.05) is 42.5 Å². The summed E-state index contributed by atoms with van der Waals surface area (Å²) in [5.74, 6) is 0.724. The Labute approximate surface area is 161 Å². The lowest BCUT2D eigenvalue weighted by Gasteiger charge is -2.40. The van der Waals surface area contributed by atoms with E-state index in [4.69, 9.17) is 9.47 Å². The van der Waals surface area contributed by atoms with Crippen LogP contribution >= 0.6 is 0 Å². The number of benzene rings is 2. The zero-order chi connectivity index (χ0) is 18.5. The number of para-hydroxylation sites is 1. The third-order valence-electron chi connectivity index (χ3n) is 5.93. The van der Waals surface area contributed by atoms with E-state index in [-0.39, 0.29) is 17.3 Å². The summed E-state index contributed by atoms with van der Waals surface area (Å²) in [6.45, 7) is 3.08. The summed E-state index contributed by atoms with van der Waals surface area (Å²) in [5, 5.41) is 0. The topological polar surface area (TPSA) is 21.7 Å². The first-order valence-corrected chi connectivity index (χ1v) is 10.0. The van der Waals surface area contributed by atoms with Crippen molar-refractivity contribution in [2.75, 3.05) is 26.4 Å². The smallest absolute Gasteiger partial charge is 0.123 e. The summed E-state index contributed by atoms with van der Waals surface area (Å²) >= 11 is 0. The highest BCUT2D eigenvalue weighted by Gasteiger charge is 2.37. The summed E-state index contributed by atoms with van der Waals surface area (Å²) in [6, 6.07) is 17.0. The molecule has 1 saturated carbocycles. The van der Waals surface area contributed by atoms with Crippen molar-refractivity contribution in [3.63, 3.8) is 0 Å². The van der Waals surface area contributed by atoms with Crippen LogP contribution in [0.15, 0.2) is 54.6 Å². The minimum atomic E-state index is -0.160. The fourth-order valence-corrected chi connectivity index (χ4v) is 4.52. The first kappa shape index (κ1) is 18.5. The Kier molecular flexibility index (Phi) is 5.74. The third kappa shape index (κ3) is 4.50. The van der Waals surface area contributed by atoms with Gasteiger partial charge >= 0.3 is 0 Å². The molecule has 0 N–H and O–H groups in total. The van der Waals surface area contributed by atoms with Crippen LogP contribution in [0.3, 0.4) is 0 Å². The van der Waals surface area contributed by atoms with Crippen LogP contribution in [0.1, 0.15) is 37.7 Å². The van der Waals surface area contributed by atoms with Crippen LogP contribution in [-0.4, -0.2) is 37.4 Å². The molecule has 0 aromatic heterocycles. The van der Waals surface area contributed by atoms with Gasteiger partial charge in [-0.2, -0.15) is 0 Å². The molecule has 144 valence electrons. The fourth-order valence-electron chi connectivity index (χ4n) is 4.52. The van der Waals surface area contributed by atoms with Gasteiger partial charge in [-0.15, -0.1) is 0 Å². The second kappa shape index (κ2) is 8.41. The minimum Gasteiger partial charge on any atom is -0.491 e. The van der Waals surface area contributed by atoms with Gasteiger partial charge < -0.3 is 9.47 Å². The van der Waals surface area contributed by atoms with Crippen LogP contribution in [0.4, 0.5) is 4.39 Å². The molecule has 1 aliphatic heterocycles. The summed E-state index contributed by atoms with van der Waals surface area (Å²) in [7, 11) is 0. The van der Waals surface area contributed by atoms with E-state index in [0.717, 1.165) is 18.8 Å². The molecule has 0 radical (unpaired) electrons. The number of ether oxygens (including phenoxy) is 2. The van der Waals surface area contributed by atoms with E-state index in [0.29, 0.717) is 13.3 Å². The highest BCUT2D eigenvalue weighted by atomic mass is 19.1. The zero-order valence-corrected chi connectivity index (χ0v) is 15.8. The molecule has 0 amide bonds. The number of hydrogen-bond acceptors (Lipinski definition) is 3. The molecule has 1 atom stereocenters. The summed E-state index contributed by atoms with van der Waals surface area (Å²) in [6.07, 6.45) is 6.21. The molecule has 27 heavy (non-hydrogen) atoms. The van der Waals surface area contributed by atoms with E-state index >= 15 is 0 Å². The van der Waals surface area contributed by atoms with Crippen molar-refractivity contribution >= 4 is 0 Å². The largest absolute Gasteiger partial charge is 0.491 e. The van der Waals surface area contributed by atoms with Gasteiger partial charge in [0.15, 0.2) is 0 Å². The van der Waals surface area contributed by atoms with Gasteiger partial charge in [-0.25, -0.2) is 4.39 Å². The molecule has 1 heterocycles. The van der Waals surface area contributed by atoms with Gasteiger partial charge in [0, 0.05) is 18.5 Å². The van der Waals surface area contributed by atoms with Gasteiger partial charge in [-0.3, -0.25) is 4.90 Å². The molecular formula is C23H28FNO2. The molecule has 2 aliphatic rings. The van der Waals surface area contributed by atoms with Crippen LogP contribution in [0.2, 0.25) is 0 Å². The predicted octanol–water partition coefficient (Wildman–Crippen LogP) is 4.76. The summed E-state index contributed by atoms with van der Waals surface area (Å²) in [4.78, 5) is 2.40. The van der Waals surface area contributed by atoms with Crippen LogP contribution in [0.5, 0.6) is 5.75 Å². The van der Waals surface area contributed by atoms with Crippen molar-refractivity contribution in [1.29, 1.82) is 0 Å². The Morgan fingerprint density at radius 3 is 2.48 bits per heavy atom. The molecule has 0 bridgehead atoms. The van der Waals surface area contributed by atoms with Crippen molar-refractivity contribution in [1.82, 2.24) is 4.90 Å². The zero-order valence-electron chi connectivity index (χ0n) is 15.8. The van der Waals surface area contributed by atoms with Gasteiger partial charge in [0.25, 0.3) is 0 Å². The summed E-state index contributed by atoms with van der Waals surface area (Å²) < 4.78 is 25.2. The Morgan fingerprint density at radius 1 is 1.00 bits per heavy atom. The Bertz CT molecular complexity index is 713. The van der Waals surface area contributed by atoms with Crippen molar-refractivity contribution in [3.05, 3.63) is 66.0 Å². The quantitative estimate of drug-likeness (QED) is 0.732. The highest BCUT2D eigenvalue weighted by Crippen LogP contribution is 2.40. The van der Waals surface area contributed by atoms with Gasteiger partial charge in [0.2, 0.25) is 0 Å². The maximum Gasteiger partial charge on any atom is 0.123 e. The molecule has 1 aliphatic carbocycles. The monoisotopic (exact) mass is 369 g/mol. The van der Waals surface area contributed by atoms with Gasteiger partial charge in [0.05, 0.1) is 6.73 Å². The molecule has 2 aromatic carbocycles. The standard InChI is InChI=1S/C23H28FNO2/c24-20-11-9-19(10-12-20)23(13-5-2-6-14-23)17-25-15-22(27-18-25)16-26-21-7-3-1-4-8-21/h1,3-4,7-12,22H,2,5-6,13-18H2. The maximum atomic E-state index is 13.4. The lowest BCUT2D eigenvalue weighted by molar-refractivity contribution is 0.0538. The van der Waals surface area contributed by atoms with Crippen LogP contribution in [0.25, 0.3) is 0 Å². The highest BCUT2D eigenvalue weighted by molar-refractivity contribution is 5.27. The fraction of sp³-hybridized carbons (Fsp3) is 0.478. The molecule has 0 spiro atoms. The van der Waals surface area contributed by atoms with E-state index in [1.54, 1.807) is 12.1 Å². The molecule has 2 aromatic rings. The second-order valence-corrected chi connectivity index (χ2v) is 7.90. The Balaban J connectivity index is 1.38. The summed E-state index contributed by atoms with van der Waals surface area (Å²) in [5.41, 5.74) is 1.39. The van der Waals surface area contributed by atoms with Gasteiger partial charge in [0.1, 0.15) is 24.3 Å². The normalized spacial score (nSPS) is 22.6. The van der Waals surface area contributed by atoms with E-state index < -0.39 is 0 Å². The maximum absolute atomic E-state index is 13.4. The van der Waals surface area contributed by atoms with Crippen molar-refractivity contribution < 1.29 is 13.9 Å². The number of rotatable bonds is 6. The van der Waals surface area contributed by atoms with E-state index in [9.17, 15) is 4.39 Å². The van der Waals surface area contributed by atoms with Gasteiger partial charge in [-0.1, -0.05) is 49.6 Å². The van der Waals surface area contributed by atoms with E-state index in [2.05, 4.69) is 4.90 Å². The third-order valence-corrected chi connectivity index (χ3v) is 5.93. The van der Waals surface area contributed by atoms with E-state index in [1.165, 1.54) is 37.7 Å². The van der Waals surface area contributed by atoms with Gasteiger partial charge in [-0.05, 0) is 42.7 Å². The molecule has 3 nitrogen and oxygen atoms in total. The molecule has 2 fully saturated rings. The van der Waals surface area contributed by atoms with Crippen molar-refractivity contribution in [2.45, 2.75) is 43.6 Å². The predicted molar refractivity (Wildman–Crippen MR) is 104 cm³/mol. The molecule has 4 rings (SSSR count). The number of hydrogen-bond donors (Lipinski definition) is 0. The van der Waals surface area contributed by atoms with Crippen LogP contribution in [0, 0.1) is 5.82 Å². The molecular weight excluding hydrogens is 341 g/mol. The van der Waals surface area contributed by atoms with Crippen molar-refractivity contribution in [2.24, 2.45) is 0 Å². The number of halogens is 1. The molecule has 1 unspecified atom stereocenters. The Morgan fingerprint density at radius 2 is 1.74 bits per heavy atom. The van der Waals surface area contributed by atoms with Crippen LogP contribution < -0.4 is 4.74 Å². The lowest BCUT2D eigenvalue weighted by Crippen LogP contribution is -2.42. The SMILES string of the molecule is Fc1ccc(C2(CN3COC(COc4ccccc4)C3)CCCCC2)cc1. The first-order chi connectivity index (χ1) is 13.2. The Hall–Kier alpha value is -1.91. The first-order valence-electron chi connectivity index (χ1n) is 10.0. The molecule has 1 saturated heterocycles. The average molecular weight is 369 g/mol. The van der Waals surface area contributed by atoms with Crippen LogP contribution in [-0.2, 0) is 10.2 Å². The lowest BCUT2D eigenvalue weighted by atomic mass is 9.69. The average Bonchev–Trinajstić information content (AvgIpc) is 3.15. The van der Waals surface area contributed by atoms with Crippen molar-refractivity contribution in [3.8, 4) is 5.75 Å².